The van der Waals surface area contributed by atoms with Crippen molar-refractivity contribution in [1.29, 1.82) is 0 Å². The van der Waals surface area contributed by atoms with E-state index in [9.17, 15) is 19.3 Å². The molecule has 0 bridgehead atoms. The van der Waals surface area contributed by atoms with Gasteiger partial charge in [-0.15, -0.1) is 0 Å². The van der Waals surface area contributed by atoms with E-state index >= 15 is 0 Å². The first-order valence-electron chi connectivity index (χ1n) is 8.19. The Morgan fingerprint density at radius 1 is 1.19 bits per heavy atom. The van der Waals surface area contributed by atoms with Gasteiger partial charge in [-0.05, 0) is 24.5 Å². The summed E-state index contributed by atoms with van der Waals surface area (Å²) in [5.41, 5.74) is 0.818. The molecule has 2 N–H and O–H groups in total. The van der Waals surface area contributed by atoms with Crippen LogP contribution in [0.2, 0.25) is 0 Å². The van der Waals surface area contributed by atoms with Crippen LogP contribution in [0.4, 0.5) is 20.6 Å². The average molecular weight is 359 g/mol. The average Bonchev–Trinajstić information content (AvgIpc) is 2.60. The van der Waals surface area contributed by atoms with Gasteiger partial charge < -0.3 is 15.4 Å². The second-order valence-electron chi connectivity index (χ2n) is 6.14. The Balaban J connectivity index is 1.42. The molecule has 0 saturated heterocycles. The monoisotopic (exact) mass is 359 g/mol. The molecule has 1 aliphatic rings. The van der Waals surface area contributed by atoms with Crippen LogP contribution in [0, 0.1) is 15.9 Å². The number of nitro groups is 1. The standard InChI is InChI=1S/C18H18FN3O4/c19-16-7-6-15(22(24)25)10-17(16)20-13-8-14(9-13)21-18(23)26-11-12-4-2-1-3-5-12/h1-7,10,13-14,20H,8-9,11H2,(H,21,23). The number of non-ortho nitro benzene ring substituents is 1. The molecular weight excluding hydrogens is 341 g/mol. The number of hydrogen-bond acceptors (Lipinski definition) is 5. The number of benzene rings is 2. The summed E-state index contributed by atoms with van der Waals surface area (Å²) < 4.78 is 18.9. The summed E-state index contributed by atoms with van der Waals surface area (Å²) in [7, 11) is 0. The van der Waals surface area contributed by atoms with E-state index in [4.69, 9.17) is 4.74 Å². The van der Waals surface area contributed by atoms with Crippen LogP contribution in [-0.2, 0) is 11.3 Å². The van der Waals surface area contributed by atoms with Gasteiger partial charge in [0.05, 0.1) is 10.6 Å². The summed E-state index contributed by atoms with van der Waals surface area (Å²) in [5.74, 6) is -0.547. The third kappa shape index (κ3) is 4.47. The van der Waals surface area contributed by atoms with Crippen LogP contribution >= 0.6 is 0 Å². The zero-order valence-electron chi connectivity index (χ0n) is 13.9. The van der Waals surface area contributed by atoms with Gasteiger partial charge in [0.1, 0.15) is 12.4 Å². The molecule has 0 aromatic heterocycles. The summed E-state index contributed by atoms with van der Waals surface area (Å²) in [4.78, 5) is 22.0. The molecule has 3 rings (SSSR count). The maximum absolute atomic E-state index is 13.7. The molecule has 2 aromatic carbocycles. The molecular formula is C18H18FN3O4. The molecule has 1 fully saturated rings. The molecule has 0 atom stereocenters. The molecule has 2 aromatic rings. The van der Waals surface area contributed by atoms with E-state index < -0.39 is 16.8 Å². The van der Waals surface area contributed by atoms with E-state index in [2.05, 4.69) is 10.6 Å². The number of carbonyl (C=O) groups excluding carboxylic acids is 1. The zero-order valence-corrected chi connectivity index (χ0v) is 13.9. The first kappa shape index (κ1) is 17.7. The number of rotatable bonds is 6. The topological polar surface area (TPSA) is 93.5 Å². The van der Waals surface area contributed by atoms with E-state index in [1.54, 1.807) is 0 Å². The number of halogens is 1. The lowest BCUT2D eigenvalue weighted by molar-refractivity contribution is -0.384. The Morgan fingerprint density at radius 2 is 1.92 bits per heavy atom. The fourth-order valence-electron chi connectivity index (χ4n) is 2.74. The Bertz CT molecular complexity index is 794. The van der Waals surface area contributed by atoms with Crippen molar-refractivity contribution in [3.05, 3.63) is 70.0 Å². The highest BCUT2D eigenvalue weighted by molar-refractivity contribution is 5.68. The molecule has 0 unspecified atom stereocenters. The van der Waals surface area contributed by atoms with E-state index in [0.29, 0.717) is 12.8 Å². The first-order valence-corrected chi connectivity index (χ1v) is 8.19. The van der Waals surface area contributed by atoms with Crippen LogP contribution in [0.15, 0.2) is 48.5 Å². The number of carbonyl (C=O) groups is 1. The van der Waals surface area contributed by atoms with Gasteiger partial charge in [0, 0.05) is 24.2 Å². The fourth-order valence-corrected chi connectivity index (χ4v) is 2.74. The molecule has 0 spiro atoms. The minimum atomic E-state index is -0.571. The van der Waals surface area contributed by atoms with Gasteiger partial charge in [0.25, 0.3) is 5.69 Å². The number of nitrogens with zero attached hydrogens (tertiary/aromatic N) is 1. The van der Waals surface area contributed by atoms with Crippen LogP contribution in [0.3, 0.4) is 0 Å². The number of nitrogens with one attached hydrogen (secondary N) is 2. The van der Waals surface area contributed by atoms with Crippen LogP contribution in [0.25, 0.3) is 0 Å². The van der Waals surface area contributed by atoms with Crippen molar-refractivity contribution < 1.29 is 18.8 Å². The number of hydrogen-bond donors (Lipinski definition) is 2. The predicted octanol–water partition coefficient (Wildman–Crippen LogP) is 3.60. The maximum Gasteiger partial charge on any atom is 0.407 e. The minimum Gasteiger partial charge on any atom is -0.445 e. The summed E-state index contributed by atoms with van der Waals surface area (Å²) in [5, 5.41) is 16.4. The van der Waals surface area contributed by atoms with Gasteiger partial charge in [-0.1, -0.05) is 30.3 Å². The SMILES string of the molecule is O=C(NC1CC(Nc2cc([N+](=O)[O-])ccc2F)C1)OCc1ccccc1. The summed E-state index contributed by atoms with van der Waals surface area (Å²) in [6.07, 6.45) is 0.671. The lowest BCUT2D eigenvalue weighted by Crippen LogP contribution is -2.49. The highest BCUT2D eigenvalue weighted by Crippen LogP contribution is 2.28. The quantitative estimate of drug-likeness (QED) is 0.607. The molecule has 1 saturated carbocycles. The van der Waals surface area contributed by atoms with Crippen LogP contribution in [0.1, 0.15) is 18.4 Å². The summed E-state index contributed by atoms with van der Waals surface area (Å²) in [6, 6.07) is 12.6. The molecule has 1 aliphatic carbocycles. The third-order valence-corrected chi connectivity index (χ3v) is 4.19. The number of nitro benzene ring substituents is 1. The van der Waals surface area contributed by atoms with Gasteiger partial charge in [-0.25, -0.2) is 9.18 Å². The van der Waals surface area contributed by atoms with Gasteiger partial charge >= 0.3 is 6.09 Å². The van der Waals surface area contributed by atoms with Gasteiger partial charge in [-0.2, -0.15) is 0 Å². The fraction of sp³-hybridized carbons (Fsp3) is 0.278. The van der Waals surface area contributed by atoms with Crippen molar-refractivity contribution in [3.8, 4) is 0 Å². The lowest BCUT2D eigenvalue weighted by Gasteiger charge is -2.36. The first-order chi connectivity index (χ1) is 12.5. The molecule has 26 heavy (non-hydrogen) atoms. The molecule has 7 nitrogen and oxygen atoms in total. The Hall–Kier alpha value is -3.16. The lowest BCUT2D eigenvalue weighted by atomic mass is 9.86. The molecule has 1 amide bonds. The van der Waals surface area contributed by atoms with Gasteiger partial charge in [-0.3, -0.25) is 10.1 Å². The van der Waals surface area contributed by atoms with Crippen LogP contribution < -0.4 is 10.6 Å². The highest BCUT2D eigenvalue weighted by Gasteiger charge is 2.31. The van der Waals surface area contributed by atoms with Gasteiger partial charge in [0.15, 0.2) is 0 Å². The summed E-state index contributed by atoms with van der Waals surface area (Å²) in [6.45, 7) is 0.194. The number of amides is 1. The van der Waals surface area contributed by atoms with E-state index in [0.717, 1.165) is 17.7 Å². The van der Waals surface area contributed by atoms with Crippen molar-refractivity contribution in [2.75, 3.05) is 5.32 Å². The van der Waals surface area contributed by atoms with E-state index in [-0.39, 0.29) is 30.1 Å². The molecule has 136 valence electrons. The smallest absolute Gasteiger partial charge is 0.407 e. The Kier molecular flexibility index (Phi) is 5.31. The Labute approximate surface area is 149 Å². The zero-order chi connectivity index (χ0) is 18.5. The number of ether oxygens (including phenoxy) is 1. The molecule has 8 heteroatoms. The van der Waals surface area contributed by atoms with E-state index in [1.165, 1.54) is 6.07 Å². The molecule has 0 heterocycles. The number of anilines is 1. The Morgan fingerprint density at radius 3 is 2.62 bits per heavy atom. The van der Waals surface area contributed by atoms with Crippen molar-refractivity contribution in [3.63, 3.8) is 0 Å². The molecule has 0 radical (unpaired) electrons. The second kappa shape index (κ2) is 7.81. The minimum absolute atomic E-state index is 0.0640. The predicted molar refractivity (Wildman–Crippen MR) is 93.2 cm³/mol. The van der Waals surface area contributed by atoms with Crippen LogP contribution in [0.5, 0.6) is 0 Å². The third-order valence-electron chi connectivity index (χ3n) is 4.19. The normalized spacial score (nSPS) is 18.5. The molecule has 0 aliphatic heterocycles. The van der Waals surface area contributed by atoms with Crippen molar-refractivity contribution in [2.45, 2.75) is 31.5 Å². The largest absolute Gasteiger partial charge is 0.445 e. The highest BCUT2D eigenvalue weighted by atomic mass is 19.1. The van der Waals surface area contributed by atoms with Gasteiger partial charge in [0.2, 0.25) is 0 Å². The van der Waals surface area contributed by atoms with Crippen molar-refractivity contribution in [2.24, 2.45) is 0 Å². The maximum atomic E-state index is 13.7. The second-order valence-corrected chi connectivity index (χ2v) is 6.14. The van der Waals surface area contributed by atoms with E-state index in [1.807, 2.05) is 30.3 Å². The van der Waals surface area contributed by atoms with Crippen molar-refractivity contribution >= 4 is 17.5 Å². The van der Waals surface area contributed by atoms with Crippen LogP contribution in [-0.4, -0.2) is 23.1 Å². The number of alkyl carbamates (subject to hydrolysis) is 1. The summed E-state index contributed by atoms with van der Waals surface area (Å²) >= 11 is 0. The van der Waals surface area contributed by atoms with Crippen molar-refractivity contribution in [1.82, 2.24) is 5.32 Å².